The van der Waals surface area contributed by atoms with Crippen molar-refractivity contribution in [1.82, 2.24) is 34.2 Å². The molecule has 1 aliphatic heterocycles. The van der Waals surface area contributed by atoms with E-state index in [9.17, 15) is 19.5 Å². The fourth-order valence-corrected chi connectivity index (χ4v) is 5.92. The number of amides is 4. The van der Waals surface area contributed by atoms with Gasteiger partial charge in [0.2, 0.25) is 5.91 Å². The number of imide groups is 1. The van der Waals surface area contributed by atoms with Crippen LogP contribution in [0.15, 0.2) is 43.1 Å². The van der Waals surface area contributed by atoms with E-state index in [0.717, 1.165) is 34.7 Å². The second-order valence-electron chi connectivity index (χ2n) is 13.2. The highest BCUT2D eigenvalue weighted by Crippen LogP contribution is 2.46. The Morgan fingerprint density at radius 2 is 1.93 bits per heavy atom. The monoisotopic (exact) mass is 624 g/mol. The van der Waals surface area contributed by atoms with Gasteiger partial charge in [-0.15, -0.1) is 0 Å². The zero-order chi connectivity index (χ0) is 32.3. The number of β-amino-alcohol motifs (C(OH)–C–C–N with tert-alkyl or cyclic N) is 1. The molecule has 5 heterocycles. The topological polar surface area (TPSA) is 162 Å². The van der Waals surface area contributed by atoms with Crippen LogP contribution in [0.25, 0.3) is 5.65 Å². The van der Waals surface area contributed by atoms with Crippen molar-refractivity contribution >= 4 is 40.8 Å². The molecule has 14 nitrogen and oxygen atoms in total. The van der Waals surface area contributed by atoms with Gasteiger partial charge in [0.05, 0.1) is 30.1 Å². The lowest BCUT2D eigenvalue weighted by atomic mass is 10.1. The minimum absolute atomic E-state index is 0.00261. The lowest BCUT2D eigenvalue weighted by Crippen LogP contribution is -2.43. The fraction of sp³-hybridized carbons (Fsp3) is 0.438. The van der Waals surface area contributed by atoms with Crippen LogP contribution in [0.1, 0.15) is 67.7 Å². The van der Waals surface area contributed by atoms with E-state index in [2.05, 4.69) is 25.3 Å². The molecule has 1 saturated heterocycles. The maximum atomic E-state index is 13.4. The van der Waals surface area contributed by atoms with Gasteiger partial charge in [-0.1, -0.05) is 0 Å². The van der Waals surface area contributed by atoms with Gasteiger partial charge in [-0.05, 0) is 63.6 Å². The van der Waals surface area contributed by atoms with E-state index in [1.165, 1.54) is 11.2 Å². The molecule has 2 saturated carbocycles. The standard InChI is InChI=1S/C32H36N10O4/c1-18-7-8-33-28(36-18)22-10-23(22)30(44)38-25-11-26(35-17-34-25)39(4)13-21-14-40-12-20(19-5-6-19)9-24(29(40)37-21)41-15-27(43)42(31(41)45)16-32(2,3)46/h7-9,11-12,14,17,19,22-23,46H,5-6,10,13,15-16H2,1-4H3,(H,34,35,38,44)/t22-,23-/m0/s1. The maximum absolute atomic E-state index is 13.4. The van der Waals surface area contributed by atoms with Gasteiger partial charge in [0, 0.05) is 49.2 Å². The summed E-state index contributed by atoms with van der Waals surface area (Å²) in [5.74, 6) is 1.40. The van der Waals surface area contributed by atoms with Crippen LogP contribution in [0.2, 0.25) is 0 Å². The zero-order valence-electron chi connectivity index (χ0n) is 26.2. The van der Waals surface area contributed by atoms with Crippen molar-refractivity contribution in [3.8, 4) is 0 Å². The number of hydrogen-bond donors (Lipinski definition) is 2. The van der Waals surface area contributed by atoms with Crippen LogP contribution in [0, 0.1) is 12.8 Å². The number of hydrogen-bond acceptors (Lipinski definition) is 10. The van der Waals surface area contributed by atoms with Gasteiger partial charge in [0.1, 0.15) is 30.3 Å². The summed E-state index contributed by atoms with van der Waals surface area (Å²) >= 11 is 0. The first-order valence-electron chi connectivity index (χ1n) is 15.4. The summed E-state index contributed by atoms with van der Waals surface area (Å²) in [6.07, 6.45) is 9.92. The number of aryl methyl sites for hydroxylation is 1. The number of fused-ring (bicyclic) bond motifs is 1. The van der Waals surface area contributed by atoms with E-state index in [0.29, 0.717) is 47.7 Å². The predicted molar refractivity (Wildman–Crippen MR) is 168 cm³/mol. The molecular weight excluding hydrogens is 588 g/mol. The van der Waals surface area contributed by atoms with Gasteiger partial charge in [0.15, 0.2) is 5.65 Å². The molecule has 3 fully saturated rings. The van der Waals surface area contributed by atoms with Crippen LogP contribution in [0.3, 0.4) is 0 Å². The summed E-state index contributed by atoms with van der Waals surface area (Å²) in [5.41, 5.74) is 2.61. The molecule has 14 heteroatoms. The van der Waals surface area contributed by atoms with Crippen LogP contribution in [0.5, 0.6) is 0 Å². The van der Waals surface area contributed by atoms with Crippen LogP contribution < -0.4 is 15.1 Å². The van der Waals surface area contributed by atoms with Crippen molar-refractivity contribution in [1.29, 1.82) is 0 Å². The second kappa shape index (κ2) is 11.1. The number of aromatic nitrogens is 6. The van der Waals surface area contributed by atoms with E-state index in [-0.39, 0.29) is 36.7 Å². The molecule has 2 atom stereocenters. The average molecular weight is 625 g/mol. The Morgan fingerprint density at radius 1 is 1.13 bits per heavy atom. The molecule has 7 rings (SSSR count). The Bertz CT molecular complexity index is 1860. The number of rotatable bonds is 10. The summed E-state index contributed by atoms with van der Waals surface area (Å²) in [4.78, 5) is 65.9. The second-order valence-corrected chi connectivity index (χ2v) is 13.2. The molecular formula is C32H36N10O4. The van der Waals surface area contributed by atoms with Gasteiger partial charge in [-0.3, -0.25) is 19.4 Å². The molecule has 4 aromatic heterocycles. The highest BCUT2D eigenvalue weighted by Gasteiger charge is 2.46. The highest BCUT2D eigenvalue weighted by molar-refractivity contribution is 6.13. The number of urea groups is 1. The zero-order valence-corrected chi connectivity index (χ0v) is 26.2. The number of carbonyl (C=O) groups excluding carboxylic acids is 3. The largest absolute Gasteiger partial charge is 0.389 e. The molecule has 238 valence electrons. The normalized spacial score (nSPS) is 19.7. The Kier molecular flexibility index (Phi) is 7.18. The van der Waals surface area contributed by atoms with E-state index < -0.39 is 11.6 Å². The first-order valence-corrected chi connectivity index (χ1v) is 15.4. The quantitative estimate of drug-likeness (QED) is 0.251. The molecule has 0 aromatic carbocycles. The third kappa shape index (κ3) is 5.99. The number of aliphatic hydroxyl groups is 1. The molecule has 4 aromatic rings. The third-order valence-electron chi connectivity index (χ3n) is 8.51. The average Bonchev–Trinajstić information content (AvgIpc) is 3.93. The lowest BCUT2D eigenvalue weighted by molar-refractivity contribution is -0.127. The van der Waals surface area contributed by atoms with Crippen LogP contribution in [-0.4, -0.2) is 82.9 Å². The van der Waals surface area contributed by atoms with Crippen molar-refractivity contribution in [2.75, 3.05) is 35.3 Å². The Balaban J connectivity index is 1.08. The summed E-state index contributed by atoms with van der Waals surface area (Å²) < 4.78 is 1.91. The first kappa shape index (κ1) is 29.7. The van der Waals surface area contributed by atoms with Gasteiger partial charge in [-0.2, -0.15) is 0 Å². The van der Waals surface area contributed by atoms with Gasteiger partial charge in [-0.25, -0.2) is 29.7 Å². The smallest absolute Gasteiger partial charge is 0.331 e. The third-order valence-corrected chi connectivity index (χ3v) is 8.51. The lowest BCUT2D eigenvalue weighted by Gasteiger charge is -2.24. The van der Waals surface area contributed by atoms with E-state index in [4.69, 9.17) is 4.98 Å². The van der Waals surface area contributed by atoms with E-state index >= 15 is 0 Å². The molecule has 3 aliphatic rings. The van der Waals surface area contributed by atoms with E-state index in [1.807, 2.05) is 47.8 Å². The van der Waals surface area contributed by atoms with Gasteiger partial charge in [0.25, 0.3) is 5.91 Å². The summed E-state index contributed by atoms with van der Waals surface area (Å²) in [6.45, 7) is 5.22. The molecule has 0 radical (unpaired) electrons. The highest BCUT2D eigenvalue weighted by atomic mass is 16.3. The summed E-state index contributed by atoms with van der Waals surface area (Å²) in [6, 6.07) is 5.04. The Hall–Kier alpha value is -4.98. The molecule has 0 unspecified atom stereocenters. The van der Waals surface area contributed by atoms with Crippen molar-refractivity contribution in [2.45, 2.75) is 64.0 Å². The van der Waals surface area contributed by atoms with Crippen molar-refractivity contribution in [2.24, 2.45) is 5.92 Å². The van der Waals surface area contributed by atoms with Crippen molar-refractivity contribution < 1.29 is 19.5 Å². The van der Waals surface area contributed by atoms with Crippen LogP contribution in [0.4, 0.5) is 22.1 Å². The number of carbonyl (C=O) groups is 3. The SMILES string of the molecule is Cc1ccnc([C@H]2C[C@@H]2C(=O)Nc2cc(N(C)Cc3cn4cc(C5CC5)cc(N5CC(=O)N(CC(C)(C)O)C5=O)c4n3)ncn2)n1. The summed E-state index contributed by atoms with van der Waals surface area (Å²) in [5, 5.41) is 13.2. The first-order chi connectivity index (χ1) is 21.9. The number of nitrogens with zero attached hydrogens (tertiary/aromatic N) is 9. The minimum atomic E-state index is -1.21. The van der Waals surface area contributed by atoms with Gasteiger partial charge < -0.3 is 19.7 Å². The van der Waals surface area contributed by atoms with Gasteiger partial charge >= 0.3 is 6.03 Å². The number of anilines is 3. The van der Waals surface area contributed by atoms with Crippen molar-refractivity contribution in [3.63, 3.8) is 0 Å². The van der Waals surface area contributed by atoms with Crippen LogP contribution >= 0.6 is 0 Å². The molecule has 2 N–H and O–H groups in total. The molecule has 4 amide bonds. The Labute approximate surface area is 265 Å². The number of imidazole rings is 1. The number of pyridine rings is 1. The van der Waals surface area contributed by atoms with Crippen molar-refractivity contribution in [3.05, 3.63) is 65.9 Å². The minimum Gasteiger partial charge on any atom is -0.389 e. The molecule has 46 heavy (non-hydrogen) atoms. The Morgan fingerprint density at radius 3 is 2.67 bits per heavy atom. The molecule has 0 bridgehead atoms. The summed E-state index contributed by atoms with van der Waals surface area (Å²) in [7, 11) is 1.87. The van der Waals surface area contributed by atoms with E-state index in [1.54, 1.807) is 26.1 Å². The number of nitrogens with one attached hydrogen (secondary N) is 1. The molecule has 0 spiro atoms. The molecule has 2 aliphatic carbocycles. The van der Waals surface area contributed by atoms with Crippen LogP contribution in [-0.2, 0) is 16.1 Å². The predicted octanol–water partition coefficient (Wildman–Crippen LogP) is 3.02. The maximum Gasteiger partial charge on any atom is 0.331 e. The fourth-order valence-electron chi connectivity index (χ4n) is 5.92.